The molecule has 1 saturated carbocycles. The minimum absolute atomic E-state index is 0. The second-order valence-corrected chi connectivity index (χ2v) is 17.9. The molecule has 0 N–H and O–H groups in total. The normalized spacial score (nSPS) is 21.8. The van der Waals surface area contributed by atoms with Crippen LogP contribution >= 0.6 is 0 Å². The molecule has 3 aliphatic heterocycles. The van der Waals surface area contributed by atoms with Gasteiger partial charge in [-0.05, 0) is 74.6 Å². The third-order valence-corrected chi connectivity index (χ3v) is 14.1. The maximum absolute atomic E-state index is 13.9. The fourth-order valence-corrected chi connectivity index (χ4v) is 10.8. The van der Waals surface area contributed by atoms with Gasteiger partial charge in [-0.15, -0.1) is 0 Å². The van der Waals surface area contributed by atoms with Crippen LogP contribution in [0, 0.1) is 20.2 Å². The van der Waals surface area contributed by atoms with E-state index in [1.54, 1.807) is 0 Å². The maximum Gasteiger partial charge on any atom is 0.296 e. The lowest BCUT2D eigenvalue weighted by molar-refractivity contribution is -0.536. The SMILES string of the molecule is CCN1C(=CC=C2CCC/C(=C\C=C3\N(CC)c4ccccc4C3(C)C)C2=[N+]2CCN(S(=O)(=O)c3ccc([N+](=O)[O-])cc3[N+](=O)[O-])CC2)C(C)(C)c2ccccc21.[I-]. The van der Waals surface area contributed by atoms with E-state index >= 15 is 0 Å². The van der Waals surface area contributed by atoms with Crippen molar-refractivity contribution in [3.05, 3.63) is 145 Å². The average molecular weight is 919 g/mol. The zero-order chi connectivity index (χ0) is 40.9. The summed E-state index contributed by atoms with van der Waals surface area (Å²) >= 11 is 0. The lowest BCUT2D eigenvalue weighted by atomic mass is 9.82. The van der Waals surface area contributed by atoms with Crippen LogP contribution in [0.25, 0.3) is 0 Å². The molecule has 3 aromatic rings. The number of non-ortho nitro benzene ring substituents is 1. The van der Waals surface area contributed by atoms with Gasteiger partial charge in [0.1, 0.15) is 0 Å². The first-order valence-electron chi connectivity index (χ1n) is 19.7. The van der Waals surface area contributed by atoms with Crippen LogP contribution in [-0.2, 0) is 20.9 Å². The number of nitrogens with zero attached hydrogens (tertiary/aromatic N) is 6. The van der Waals surface area contributed by atoms with Crippen molar-refractivity contribution in [3.63, 3.8) is 0 Å². The van der Waals surface area contributed by atoms with Crippen LogP contribution in [-0.4, -0.2) is 72.1 Å². The summed E-state index contributed by atoms with van der Waals surface area (Å²) in [4.78, 5) is 25.8. The van der Waals surface area contributed by atoms with Crippen molar-refractivity contribution in [2.24, 2.45) is 0 Å². The molecule has 58 heavy (non-hydrogen) atoms. The fourth-order valence-electron chi connectivity index (χ4n) is 9.24. The van der Waals surface area contributed by atoms with E-state index in [9.17, 15) is 28.6 Å². The number of nitro groups is 2. The molecule has 3 aromatic carbocycles. The molecule has 306 valence electrons. The van der Waals surface area contributed by atoms with Crippen LogP contribution < -0.4 is 33.8 Å². The number of hydrogen-bond acceptors (Lipinski definition) is 8. The highest BCUT2D eigenvalue weighted by Crippen LogP contribution is 2.49. The summed E-state index contributed by atoms with van der Waals surface area (Å²) in [5.74, 6) is 0. The van der Waals surface area contributed by atoms with Crippen molar-refractivity contribution in [3.8, 4) is 0 Å². The van der Waals surface area contributed by atoms with Crippen molar-refractivity contribution < 1.29 is 46.8 Å². The number of benzene rings is 3. The third kappa shape index (κ3) is 7.43. The van der Waals surface area contributed by atoms with E-state index in [0.717, 1.165) is 50.2 Å². The molecular weight excluding hydrogens is 867 g/mol. The second-order valence-electron chi connectivity index (χ2n) is 16.0. The molecule has 0 spiro atoms. The summed E-state index contributed by atoms with van der Waals surface area (Å²) in [7, 11) is -4.33. The Morgan fingerprint density at radius 3 is 1.66 bits per heavy atom. The van der Waals surface area contributed by atoms with Gasteiger partial charge in [-0.2, -0.15) is 4.31 Å². The number of sulfonamides is 1. The Morgan fingerprint density at radius 2 is 1.21 bits per heavy atom. The molecule has 12 nitrogen and oxygen atoms in total. The monoisotopic (exact) mass is 918 g/mol. The van der Waals surface area contributed by atoms with E-state index in [4.69, 9.17) is 0 Å². The lowest BCUT2D eigenvalue weighted by Crippen LogP contribution is -3.00. The molecule has 2 fully saturated rings. The Kier molecular flexibility index (Phi) is 12.2. The Balaban J connectivity index is 0.00000567. The maximum atomic E-state index is 13.9. The van der Waals surface area contributed by atoms with Crippen LogP contribution in [0.5, 0.6) is 0 Å². The standard InChI is InChI=1S/C44H51N6O6S.HI/c1-7-47-36-18-11-9-16-34(36)43(3,4)40(47)24-20-31-14-13-15-32(21-25-41-44(5,6)35-17-10-12-19-37(35)48(41)8-2)42(31)45-26-28-46(29-27-45)57(55,56)39-23-22-33(49(51)52)30-38(39)50(53)54;/h9-12,16-25,30H,7-8,13-15,26-29H2,1-6H3;1H/q+1;/p-1. The number of nitro benzene ring substituents is 2. The highest BCUT2D eigenvalue weighted by atomic mass is 127. The van der Waals surface area contributed by atoms with Crippen LogP contribution in [0.2, 0.25) is 0 Å². The van der Waals surface area contributed by atoms with Crippen LogP contribution in [0.15, 0.2) is 118 Å². The summed E-state index contributed by atoms with van der Waals surface area (Å²) in [5, 5.41) is 23.3. The number of piperazine rings is 1. The number of para-hydroxylation sites is 2. The minimum atomic E-state index is -4.33. The van der Waals surface area contributed by atoms with Gasteiger partial charge in [0.2, 0.25) is 15.7 Å². The zero-order valence-corrected chi connectivity index (χ0v) is 36.9. The summed E-state index contributed by atoms with van der Waals surface area (Å²) in [6, 6.07) is 19.8. The predicted octanol–water partition coefficient (Wildman–Crippen LogP) is 5.40. The van der Waals surface area contributed by atoms with Crippen molar-refractivity contribution in [1.82, 2.24) is 4.31 Å². The molecule has 14 heteroatoms. The van der Waals surface area contributed by atoms with Crippen molar-refractivity contribution in [2.75, 3.05) is 49.1 Å². The number of likely N-dealkylation sites (N-methyl/N-ethyl adjacent to an activating group) is 2. The quantitative estimate of drug-likeness (QED) is 0.127. The molecular formula is C44H51IN6O6S. The van der Waals surface area contributed by atoms with E-state index in [-0.39, 0.29) is 47.9 Å². The first-order chi connectivity index (χ1) is 27.1. The molecule has 0 amide bonds. The molecule has 1 saturated heterocycles. The van der Waals surface area contributed by atoms with Gasteiger partial charge in [-0.3, -0.25) is 20.2 Å². The zero-order valence-electron chi connectivity index (χ0n) is 33.9. The highest BCUT2D eigenvalue weighted by Gasteiger charge is 2.42. The second kappa shape index (κ2) is 16.5. The molecule has 3 heterocycles. The number of hydrogen-bond donors (Lipinski definition) is 0. The number of rotatable bonds is 8. The Morgan fingerprint density at radius 1 is 0.724 bits per heavy atom. The first-order valence-corrected chi connectivity index (χ1v) is 21.2. The highest BCUT2D eigenvalue weighted by molar-refractivity contribution is 7.89. The van der Waals surface area contributed by atoms with E-state index in [1.807, 2.05) is 0 Å². The third-order valence-electron chi connectivity index (χ3n) is 12.1. The van der Waals surface area contributed by atoms with Crippen molar-refractivity contribution >= 4 is 38.5 Å². The van der Waals surface area contributed by atoms with Crippen molar-refractivity contribution in [1.29, 1.82) is 0 Å². The molecule has 0 aromatic heterocycles. The molecule has 0 bridgehead atoms. The van der Waals surface area contributed by atoms with Crippen LogP contribution in [0.1, 0.15) is 71.9 Å². The largest absolute Gasteiger partial charge is 1.00 e. The smallest absolute Gasteiger partial charge is 0.296 e. The van der Waals surface area contributed by atoms with Crippen molar-refractivity contribution in [2.45, 2.75) is 76.5 Å². The van der Waals surface area contributed by atoms with Gasteiger partial charge < -0.3 is 33.8 Å². The Labute approximate surface area is 358 Å². The van der Waals surface area contributed by atoms with Gasteiger partial charge in [0.05, 0.1) is 29.0 Å². The van der Waals surface area contributed by atoms with Gasteiger partial charge in [0, 0.05) is 63.9 Å². The lowest BCUT2D eigenvalue weighted by Gasteiger charge is -2.28. The van der Waals surface area contributed by atoms with E-state index in [2.05, 4.69) is 129 Å². The van der Waals surface area contributed by atoms with Gasteiger partial charge in [-0.1, -0.05) is 76.2 Å². The van der Waals surface area contributed by atoms with Gasteiger partial charge in [-0.25, -0.2) is 13.0 Å². The number of anilines is 2. The molecule has 0 unspecified atom stereocenters. The van der Waals surface area contributed by atoms with E-state index in [1.165, 1.54) is 49.3 Å². The topological polar surface area (TPSA) is 133 Å². The molecule has 1 aliphatic carbocycles. The van der Waals surface area contributed by atoms with Gasteiger partial charge >= 0.3 is 0 Å². The van der Waals surface area contributed by atoms with E-state index in [0.29, 0.717) is 19.2 Å². The summed E-state index contributed by atoms with van der Waals surface area (Å²) in [6.45, 7) is 16.0. The van der Waals surface area contributed by atoms with Crippen LogP contribution in [0.4, 0.5) is 22.7 Å². The van der Waals surface area contributed by atoms with Gasteiger partial charge in [0.15, 0.2) is 18.0 Å². The molecule has 0 atom stereocenters. The first kappa shape index (κ1) is 42.9. The fraction of sp³-hybridized carbons (Fsp3) is 0.386. The van der Waals surface area contributed by atoms with Gasteiger partial charge in [0.25, 0.3) is 11.4 Å². The van der Waals surface area contributed by atoms with E-state index < -0.39 is 36.1 Å². The molecule has 4 aliphatic rings. The summed E-state index contributed by atoms with van der Waals surface area (Å²) in [6.07, 6.45) is 11.7. The Hall–Kier alpha value is -4.67. The summed E-state index contributed by atoms with van der Waals surface area (Å²) < 4.78 is 31.3. The number of halogens is 1. The summed E-state index contributed by atoms with van der Waals surface area (Å²) in [5.41, 5.74) is 9.20. The number of fused-ring (bicyclic) bond motifs is 2. The predicted molar refractivity (Wildman–Crippen MR) is 225 cm³/mol. The Bertz CT molecular complexity index is 2320. The van der Waals surface area contributed by atoms with Crippen LogP contribution in [0.3, 0.4) is 0 Å². The molecule has 0 radical (unpaired) electrons. The minimum Gasteiger partial charge on any atom is -1.00 e. The molecule has 7 rings (SSSR count). The number of allylic oxidation sites excluding steroid dienone is 8. The average Bonchev–Trinajstić information content (AvgIpc) is 3.56.